The van der Waals surface area contributed by atoms with E-state index >= 15 is 0 Å². The van der Waals surface area contributed by atoms with Crippen LogP contribution in [0.4, 0.5) is 5.95 Å². The van der Waals surface area contributed by atoms with Crippen LogP contribution in [0.2, 0.25) is 0 Å². The van der Waals surface area contributed by atoms with Gasteiger partial charge in [-0.15, -0.1) is 0 Å². The lowest BCUT2D eigenvalue weighted by Gasteiger charge is -2.15. The van der Waals surface area contributed by atoms with Crippen molar-refractivity contribution in [2.75, 3.05) is 12.0 Å². The van der Waals surface area contributed by atoms with Crippen molar-refractivity contribution in [2.24, 2.45) is 19.2 Å². The van der Waals surface area contributed by atoms with E-state index in [0.717, 1.165) is 15.7 Å². The Balaban J connectivity index is 1.69. The highest BCUT2D eigenvalue weighted by atomic mass is 16.5. The highest BCUT2D eigenvalue weighted by Gasteiger charge is 2.21. The van der Waals surface area contributed by atoms with Gasteiger partial charge in [0.25, 0.3) is 5.56 Å². The number of aryl methyl sites for hydroxylation is 2. The molecule has 0 saturated carbocycles. The van der Waals surface area contributed by atoms with Gasteiger partial charge in [0, 0.05) is 14.1 Å². The van der Waals surface area contributed by atoms with Crippen LogP contribution in [0.3, 0.4) is 0 Å². The fraction of sp³-hybridized carbons (Fsp3) is 0.280. The zero-order chi connectivity index (χ0) is 25.1. The van der Waals surface area contributed by atoms with Gasteiger partial charge in [0.05, 0.1) is 12.3 Å². The summed E-state index contributed by atoms with van der Waals surface area (Å²) in [5, 5.41) is 15.2. The first-order valence-electron chi connectivity index (χ1n) is 11.2. The molecule has 182 valence electrons. The molecule has 2 aromatic carbocycles. The number of anilines is 1. The summed E-state index contributed by atoms with van der Waals surface area (Å²) in [5.41, 5.74) is 4.93. The van der Waals surface area contributed by atoms with Gasteiger partial charge in [-0.3, -0.25) is 13.9 Å². The maximum absolute atomic E-state index is 13.0. The summed E-state index contributed by atoms with van der Waals surface area (Å²) in [5.74, 6) is 0.863. The molecule has 10 nitrogen and oxygen atoms in total. The van der Waals surface area contributed by atoms with Gasteiger partial charge >= 0.3 is 5.69 Å². The first-order chi connectivity index (χ1) is 16.8. The number of hydrazone groups is 1. The summed E-state index contributed by atoms with van der Waals surface area (Å²) >= 11 is 0. The maximum atomic E-state index is 13.0. The zero-order valence-corrected chi connectivity index (χ0v) is 20.1. The van der Waals surface area contributed by atoms with Crippen LogP contribution < -0.4 is 21.4 Å². The minimum absolute atomic E-state index is 0.000950. The molecule has 0 aliphatic rings. The number of nitrogens with one attached hydrogen (secondary N) is 1. The average Bonchev–Trinajstić information content (AvgIpc) is 3.22. The average molecular weight is 477 g/mol. The van der Waals surface area contributed by atoms with Gasteiger partial charge in [0.1, 0.15) is 18.5 Å². The smallest absolute Gasteiger partial charge is 0.332 e. The topological polar surface area (TPSA) is 116 Å². The van der Waals surface area contributed by atoms with Crippen LogP contribution in [-0.4, -0.2) is 42.2 Å². The minimum atomic E-state index is -0.963. The monoisotopic (exact) mass is 476 g/mol. The van der Waals surface area contributed by atoms with Crippen molar-refractivity contribution in [3.05, 3.63) is 86.6 Å². The molecule has 0 saturated heterocycles. The van der Waals surface area contributed by atoms with E-state index in [1.165, 1.54) is 16.2 Å². The summed E-state index contributed by atoms with van der Waals surface area (Å²) < 4.78 is 9.57. The molecule has 1 atom stereocenters. The van der Waals surface area contributed by atoms with Crippen LogP contribution in [0.15, 0.2) is 69.3 Å². The van der Waals surface area contributed by atoms with E-state index in [2.05, 4.69) is 15.5 Å². The minimum Gasteiger partial charge on any atom is -0.491 e. The van der Waals surface area contributed by atoms with Crippen molar-refractivity contribution in [2.45, 2.75) is 26.5 Å². The number of aliphatic hydroxyl groups is 1. The third kappa shape index (κ3) is 5.02. The molecule has 0 amide bonds. The normalized spacial score (nSPS) is 12.7. The molecule has 2 aromatic heterocycles. The Morgan fingerprint density at radius 2 is 1.86 bits per heavy atom. The Kier molecular flexibility index (Phi) is 6.83. The van der Waals surface area contributed by atoms with Crippen LogP contribution in [0.25, 0.3) is 11.2 Å². The second-order valence-electron chi connectivity index (χ2n) is 8.38. The number of hydrogen-bond acceptors (Lipinski definition) is 7. The van der Waals surface area contributed by atoms with Crippen LogP contribution in [0, 0.1) is 6.92 Å². The Labute approximate surface area is 201 Å². The molecule has 10 heteroatoms. The summed E-state index contributed by atoms with van der Waals surface area (Å²) in [6.07, 6.45) is -0.963. The molecule has 0 fully saturated rings. The lowest BCUT2D eigenvalue weighted by atomic mass is 10.1. The second-order valence-corrected chi connectivity index (χ2v) is 8.38. The quantitative estimate of drug-likeness (QED) is 0.297. The molecule has 0 bridgehead atoms. The Bertz CT molecular complexity index is 1500. The molecule has 1 unspecified atom stereocenters. The number of aromatic nitrogens is 4. The molecule has 0 aliphatic heterocycles. The predicted octanol–water partition coefficient (Wildman–Crippen LogP) is 2.02. The highest BCUT2D eigenvalue weighted by Crippen LogP contribution is 2.18. The van der Waals surface area contributed by atoms with Crippen molar-refractivity contribution in [1.82, 2.24) is 18.7 Å². The number of rotatable bonds is 8. The largest absolute Gasteiger partial charge is 0.491 e. The lowest BCUT2D eigenvalue weighted by molar-refractivity contribution is 0.0938. The van der Waals surface area contributed by atoms with Gasteiger partial charge in [-0.05, 0) is 37.1 Å². The van der Waals surface area contributed by atoms with Crippen LogP contribution >= 0.6 is 0 Å². The standard InChI is InChI=1S/C25H28N6O4/c1-16-9-8-12-20(13-16)35-15-19(32)14-31-21-22(29(3)25(34)30(4)23(21)33)26-24(31)28-27-17(2)18-10-6-5-7-11-18/h5-13,19,32H,14-15H2,1-4H3,(H,26,28). The highest BCUT2D eigenvalue weighted by molar-refractivity contribution is 5.99. The van der Waals surface area contributed by atoms with Gasteiger partial charge in [-0.25, -0.2) is 10.2 Å². The molecule has 2 N–H and O–H groups in total. The first-order valence-corrected chi connectivity index (χ1v) is 11.2. The van der Waals surface area contributed by atoms with Gasteiger partial charge < -0.3 is 14.4 Å². The molecule has 4 aromatic rings. The molecule has 2 heterocycles. The first kappa shape index (κ1) is 24.0. The lowest BCUT2D eigenvalue weighted by Crippen LogP contribution is -2.38. The number of imidazole rings is 1. The number of fused-ring (bicyclic) bond motifs is 1. The fourth-order valence-electron chi connectivity index (χ4n) is 3.75. The van der Waals surface area contributed by atoms with Crippen LogP contribution in [-0.2, 0) is 20.6 Å². The van der Waals surface area contributed by atoms with E-state index in [0.29, 0.717) is 11.5 Å². The van der Waals surface area contributed by atoms with Gasteiger partial charge in [0.2, 0.25) is 5.95 Å². The number of aliphatic hydroxyl groups excluding tert-OH is 1. The summed E-state index contributed by atoms with van der Waals surface area (Å²) in [7, 11) is 2.95. The Hall–Kier alpha value is -4.18. The van der Waals surface area contributed by atoms with Crippen LogP contribution in [0.5, 0.6) is 5.75 Å². The second kappa shape index (κ2) is 9.98. The van der Waals surface area contributed by atoms with Gasteiger partial charge in [-0.1, -0.05) is 42.5 Å². The van der Waals surface area contributed by atoms with E-state index in [4.69, 9.17) is 4.74 Å². The molecule has 0 spiro atoms. The molecular weight excluding hydrogens is 448 g/mol. The number of hydrogen-bond donors (Lipinski definition) is 2. The van der Waals surface area contributed by atoms with Gasteiger partial charge in [0.15, 0.2) is 11.2 Å². The Morgan fingerprint density at radius 1 is 1.11 bits per heavy atom. The van der Waals surface area contributed by atoms with Crippen molar-refractivity contribution >= 4 is 22.8 Å². The number of ether oxygens (including phenoxy) is 1. The zero-order valence-electron chi connectivity index (χ0n) is 20.1. The van der Waals surface area contributed by atoms with Crippen molar-refractivity contribution in [1.29, 1.82) is 0 Å². The fourth-order valence-corrected chi connectivity index (χ4v) is 3.75. The predicted molar refractivity (Wildman–Crippen MR) is 135 cm³/mol. The van der Waals surface area contributed by atoms with E-state index in [9.17, 15) is 14.7 Å². The summed E-state index contributed by atoms with van der Waals surface area (Å²) in [6, 6.07) is 17.1. The van der Waals surface area contributed by atoms with E-state index in [1.807, 2.05) is 68.4 Å². The van der Waals surface area contributed by atoms with E-state index < -0.39 is 17.4 Å². The number of benzene rings is 2. The third-order valence-corrected chi connectivity index (χ3v) is 5.69. The van der Waals surface area contributed by atoms with Crippen LogP contribution in [0.1, 0.15) is 18.1 Å². The molecule has 4 rings (SSSR count). The molecule has 0 radical (unpaired) electrons. The number of nitrogens with zero attached hydrogens (tertiary/aromatic N) is 5. The summed E-state index contributed by atoms with van der Waals surface area (Å²) in [6.45, 7) is 3.80. The van der Waals surface area contributed by atoms with E-state index in [-0.39, 0.29) is 30.3 Å². The molecular formula is C25H28N6O4. The maximum Gasteiger partial charge on any atom is 0.332 e. The Morgan fingerprint density at radius 3 is 2.57 bits per heavy atom. The summed E-state index contributed by atoms with van der Waals surface area (Å²) in [4.78, 5) is 29.9. The van der Waals surface area contributed by atoms with Gasteiger partial charge in [-0.2, -0.15) is 10.1 Å². The third-order valence-electron chi connectivity index (χ3n) is 5.69. The van der Waals surface area contributed by atoms with Crippen molar-refractivity contribution in [3.8, 4) is 5.75 Å². The molecule has 0 aliphatic carbocycles. The van der Waals surface area contributed by atoms with Crippen molar-refractivity contribution < 1.29 is 9.84 Å². The SMILES string of the molecule is CC(=NNc1nc2c(c(=O)n(C)c(=O)n2C)n1CC(O)COc1cccc(C)c1)c1ccccc1. The van der Waals surface area contributed by atoms with Crippen molar-refractivity contribution in [3.63, 3.8) is 0 Å². The molecule has 35 heavy (non-hydrogen) atoms. The van der Waals surface area contributed by atoms with E-state index in [1.54, 1.807) is 7.05 Å².